The summed E-state index contributed by atoms with van der Waals surface area (Å²) in [6.45, 7) is 4.62. The fourth-order valence-electron chi connectivity index (χ4n) is 2.84. The number of carbonyl (C=O) groups excluding carboxylic acids is 1. The lowest BCUT2D eigenvalue weighted by Crippen LogP contribution is -2.39. The minimum atomic E-state index is -0.200. The van der Waals surface area contributed by atoms with Gasteiger partial charge in [0.1, 0.15) is 0 Å². The lowest BCUT2D eigenvalue weighted by Gasteiger charge is -2.34. The molecule has 5 heteroatoms. The van der Waals surface area contributed by atoms with E-state index < -0.39 is 0 Å². The van der Waals surface area contributed by atoms with Crippen molar-refractivity contribution in [3.63, 3.8) is 0 Å². The Morgan fingerprint density at radius 2 is 1.95 bits per heavy atom. The van der Waals surface area contributed by atoms with Crippen LogP contribution in [0.5, 0.6) is 0 Å². The molecule has 0 aromatic heterocycles. The molecule has 1 aromatic carbocycles. The zero-order valence-electron chi connectivity index (χ0n) is 13.1. The maximum absolute atomic E-state index is 11.2. The van der Waals surface area contributed by atoms with Crippen LogP contribution in [0, 0.1) is 5.92 Å². The van der Waals surface area contributed by atoms with Crippen LogP contribution in [0.25, 0.3) is 0 Å². The van der Waals surface area contributed by atoms with Crippen LogP contribution in [0.2, 0.25) is 0 Å². The summed E-state index contributed by atoms with van der Waals surface area (Å²) < 4.78 is 0. The van der Waals surface area contributed by atoms with Crippen LogP contribution in [-0.2, 0) is 0 Å². The van der Waals surface area contributed by atoms with E-state index in [9.17, 15) is 4.79 Å². The number of carbonyl (C=O) groups is 1. The third-order valence-electron chi connectivity index (χ3n) is 4.13. The molecule has 3 N–H and O–H groups in total. The van der Waals surface area contributed by atoms with Crippen LogP contribution in [0.1, 0.15) is 19.8 Å². The third kappa shape index (κ3) is 4.63. The Bertz CT molecular complexity index is 460. The normalized spacial score (nSPS) is 20.6. The van der Waals surface area contributed by atoms with Crippen molar-refractivity contribution in [2.45, 2.75) is 25.8 Å². The van der Waals surface area contributed by atoms with Gasteiger partial charge in [-0.05, 0) is 63.5 Å². The number of urea groups is 1. The Labute approximate surface area is 127 Å². The van der Waals surface area contributed by atoms with Crippen LogP contribution in [0.15, 0.2) is 24.3 Å². The van der Waals surface area contributed by atoms with Gasteiger partial charge in [0.25, 0.3) is 0 Å². The number of nitrogens with zero attached hydrogens (tertiary/aromatic N) is 1. The van der Waals surface area contributed by atoms with Crippen LogP contribution in [0.4, 0.5) is 16.2 Å². The summed E-state index contributed by atoms with van der Waals surface area (Å²) in [6, 6.07) is 8.09. The van der Waals surface area contributed by atoms with E-state index in [0.717, 1.165) is 17.9 Å². The number of anilines is 2. The number of rotatable bonds is 4. The highest BCUT2D eigenvalue weighted by molar-refractivity contribution is 5.89. The summed E-state index contributed by atoms with van der Waals surface area (Å²) in [4.78, 5) is 13.6. The second-order valence-electron chi connectivity index (χ2n) is 5.88. The minimum absolute atomic E-state index is 0.200. The molecule has 1 saturated heterocycles. The second-order valence-corrected chi connectivity index (χ2v) is 5.88. The van der Waals surface area contributed by atoms with Gasteiger partial charge in [0.15, 0.2) is 0 Å². The smallest absolute Gasteiger partial charge is 0.318 e. The standard InChI is InChI=1S/C16H26N4O/c1-12(13-5-4-10-20(3)11-13)18-14-6-8-15(9-7-14)19-16(21)17-2/h6-9,12-13,18H,4-5,10-11H2,1-3H3,(H2,17,19,21). The Morgan fingerprint density at radius 1 is 1.29 bits per heavy atom. The molecule has 1 heterocycles. The highest BCUT2D eigenvalue weighted by Gasteiger charge is 2.22. The molecule has 0 aliphatic carbocycles. The molecule has 21 heavy (non-hydrogen) atoms. The van der Waals surface area contributed by atoms with Crippen molar-refractivity contribution in [1.29, 1.82) is 0 Å². The molecule has 5 nitrogen and oxygen atoms in total. The lowest BCUT2D eigenvalue weighted by molar-refractivity contribution is 0.197. The van der Waals surface area contributed by atoms with Crippen LogP contribution >= 0.6 is 0 Å². The lowest BCUT2D eigenvalue weighted by atomic mass is 9.92. The molecule has 116 valence electrons. The largest absolute Gasteiger partial charge is 0.382 e. The molecular weight excluding hydrogens is 264 g/mol. The molecule has 1 aliphatic rings. The number of likely N-dealkylation sites (tertiary alicyclic amines) is 1. The van der Waals surface area contributed by atoms with Gasteiger partial charge in [-0.15, -0.1) is 0 Å². The number of amides is 2. The van der Waals surface area contributed by atoms with E-state index in [2.05, 4.69) is 34.8 Å². The van der Waals surface area contributed by atoms with Gasteiger partial charge in [-0.1, -0.05) is 0 Å². The first-order valence-corrected chi connectivity index (χ1v) is 7.62. The first-order chi connectivity index (χ1) is 10.1. The van der Waals surface area contributed by atoms with Crippen molar-refractivity contribution in [3.8, 4) is 0 Å². The molecule has 1 aliphatic heterocycles. The van der Waals surface area contributed by atoms with Gasteiger partial charge in [0, 0.05) is 31.0 Å². The minimum Gasteiger partial charge on any atom is -0.382 e. The molecule has 0 saturated carbocycles. The first kappa shape index (κ1) is 15.6. The number of hydrogen-bond acceptors (Lipinski definition) is 3. The second kappa shape index (κ2) is 7.31. The summed E-state index contributed by atoms with van der Waals surface area (Å²) in [5.74, 6) is 0.687. The predicted octanol–water partition coefficient (Wildman–Crippen LogP) is 2.58. The molecule has 2 atom stereocenters. The van der Waals surface area contributed by atoms with Crippen molar-refractivity contribution in [3.05, 3.63) is 24.3 Å². The third-order valence-corrected chi connectivity index (χ3v) is 4.13. The van der Waals surface area contributed by atoms with E-state index in [1.165, 1.54) is 19.4 Å². The molecule has 1 fully saturated rings. The van der Waals surface area contributed by atoms with Crippen LogP contribution < -0.4 is 16.0 Å². The van der Waals surface area contributed by atoms with E-state index in [1.54, 1.807) is 7.05 Å². The van der Waals surface area contributed by atoms with Crippen molar-refractivity contribution in [2.24, 2.45) is 5.92 Å². The molecule has 2 rings (SSSR count). The van der Waals surface area contributed by atoms with Crippen LogP contribution in [-0.4, -0.2) is 44.2 Å². The maximum atomic E-state index is 11.2. The fourth-order valence-corrected chi connectivity index (χ4v) is 2.84. The van der Waals surface area contributed by atoms with Gasteiger partial charge in [0.2, 0.25) is 0 Å². The SMILES string of the molecule is CNC(=O)Nc1ccc(NC(C)C2CCCN(C)C2)cc1. The fraction of sp³-hybridized carbons (Fsp3) is 0.562. The molecule has 1 aromatic rings. The molecule has 0 bridgehead atoms. The van der Waals surface area contributed by atoms with E-state index in [-0.39, 0.29) is 6.03 Å². The van der Waals surface area contributed by atoms with Gasteiger partial charge in [-0.2, -0.15) is 0 Å². The molecule has 0 spiro atoms. The monoisotopic (exact) mass is 290 g/mol. The Kier molecular flexibility index (Phi) is 5.44. The van der Waals surface area contributed by atoms with Gasteiger partial charge in [-0.25, -0.2) is 4.79 Å². The number of piperidine rings is 1. The van der Waals surface area contributed by atoms with Gasteiger partial charge in [0.05, 0.1) is 0 Å². The zero-order valence-corrected chi connectivity index (χ0v) is 13.1. The van der Waals surface area contributed by atoms with E-state index in [0.29, 0.717) is 12.0 Å². The van der Waals surface area contributed by atoms with Gasteiger partial charge in [-0.3, -0.25) is 0 Å². The Morgan fingerprint density at radius 3 is 2.57 bits per heavy atom. The molecular formula is C16H26N4O. The Hall–Kier alpha value is -1.75. The van der Waals surface area contributed by atoms with Gasteiger partial charge < -0.3 is 20.9 Å². The highest BCUT2D eigenvalue weighted by Crippen LogP contribution is 2.22. The van der Waals surface area contributed by atoms with Gasteiger partial charge >= 0.3 is 6.03 Å². The summed E-state index contributed by atoms with van der Waals surface area (Å²) in [7, 11) is 3.80. The summed E-state index contributed by atoms with van der Waals surface area (Å²) in [6.07, 6.45) is 2.57. The average molecular weight is 290 g/mol. The van der Waals surface area contributed by atoms with Crippen molar-refractivity contribution in [1.82, 2.24) is 10.2 Å². The topological polar surface area (TPSA) is 56.4 Å². The summed E-state index contributed by atoms with van der Waals surface area (Å²) in [5.41, 5.74) is 1.89. The van der Waals surface area contributed by atoms with Crippen molar-refractivity contribution >= 4 is 17.4 Å². The quantitative estimate of drug-likeness (QED) is 0.799. The molecule has 0 radical (unpaired) electrons. The number of nitrogens with one attached hydrogen (secondary N) is 3. The molecule has 2 amide bonds. The Balaban J connectivity index is 1.88. The zero-order chi connectivity index (χ0) is 15.2. The van der Waals surface area contributed by atoms with Crippen molar-refractivity contribution in [2.75, 3.05) is 37.8 Å². The number of hydrogen-bond donors (Lipinski definition) is 3. The number of benzene rings is 1. The first-order valence-electron chi connectivity index (χ1n) is 7.62. The average Bonchev–Trinajstić information content (AvgIpc) is 2.49. The van der Waals surface area contributed by atoms with E-state index in [4.69, 9.17) is 0 Å². The van der Waals surface area contributed by atoms with Crippen molar-refractivity contribution < 1.29 is 4.79 Å². The summed E-state index contributed by atoms with van der Waals surface area (Å²) >= 11 is 0. The molecule has 2 unspecified atom stereocenters. The highest BCUT2D eigenvalue weighted by atomic mass is 16.2. The summed E-state index contributed by atoms with van der Waals surface area (Å²) in [5, 5.41) is 8.87. The van der Waals surface area contributed by atoms with E-state index in [1.807, 2.05) is 24.3 Å². The van der Waals surface area contributed by atoms with Crippen LogP contribution in [0.3, 0.4) is 0 Å². The predicted molar refractivity (Wildman–Crippen MR) is 87.8 cm³/mol. The maximum Gasteiger partial charge on any atom is 0.318 e. The van der Waals surface area contributed by atoms with E-state index >= 15 is 0 Å².